The van der Waals surface area contributed by atoms with Crippen LogP contribution >= 0.6 is 0 Å². The maximum atomic E-state index is 12.1. The van der Waals surface area contributed by atoms with Gasteiger partial charge in [-0.3, -0.25) is 4.98 Å². The van der Waals surface area contributed by atoms with Gasteiger partial charge in [0.25, 0.3) is 0 Å². The van der Waals surface area contributed by atoms with Gasteiger partial charge in [0.05, 0.1) is 11.1 Å². The number of hydrogen-bond donors (Lipinski definition) is 0. The Balaban J connectivity index is 2.13. The van der Waals surface area contributed by atoms with E-state index in [-0.39, 0.29) is 4.90 Å². The van der Waals surface area contributed by atoms with Gasteiger partial charge in [-0.05, 0) is 36.8 Å². The van der Waals surface area contributed by atoms with Crippen molar-refractivity contribution in [1.82, 2.24) is 9.29 Å². The first kappa shape index (κ1) is 15.5. The van der Waals surface area contributed by atoms with Gasteiger partial charge >= 0.3 is 0 Å². The summed E-state index contributed by atoms with van der Waals surface area (Å²) in [5.41, 5.74) is 1.71. The Bertz CT molecular complexity index is 710. The summed E-state index contributed by atoms with van der Waals surface area (Å²) in [5, 5.41) is 0. The third-order valence-electron chi connectivity index (χ3n) is 2.97. The van der Waals surface area contributed by atoms with Crippen LogP contribution in [0, 0.1) is 6.92 Å². The summed E-state index contributed by atoms with van der Waals surface area (Å²) in [7, 11) is -0.402. The molecule has 0 saturated carbocycles. The third-order valence-corrected chi connectivity index (χ3v) is 4.78. The minimum atomic E-state index is -3.42. The summed E-state index contributed by atoms with van der Waals surface area (Å²) >= 11 is 0. The molecule has 0 saturated heterocycles. The van der Waals surface area contributed by atoms with Crippen molar-refractivity contribution in [1.29, 1.82) is 0 Å². The number of sulfonamides is 1. The molecule has 6 heteroatoms. The summed E-state index contributed by atoms with van der Waals surface area (Å²) in [6, 6.07) is 10.4. The number of aryl methyl sites for hydroxylation is 1. The molecule has 0 radical (unpaired) electrons. The molecule has 0 aliphatic rings. The smallest absolute Gasteiger partial charge is 0.242 e. The molecule has 0 amide bonds. The van der Waals surface area contributed by atoms with Crippen LogP contribution in [-0.4, -0.2) is 31.8 Å². The van der Waals surface area contributed by atoms with E-state index in [1.807, 2.05) is 25.1 Å². The molecule has 1 heterocycles. The van der Waals surface area contributed by atoms with E-state index in [9.17, 15) is 8.42 Å². The number of nitrogens with zero attached hydrogens (tertiary/aromatic N) is 2. The predicted molar refractivity (Wildman–Crippen MR) is 80.6 cm³/mol. The Hall–Kier alpha value is -1.92. The Morgan fingerprint density at radius 2 is 1.95 bits per heavy atom. The lowest BCUT2D eigenvalue weighted by Gasteiger charge is -2.12. The minimum absolute atomic E-state index is 0.260. The molecular formula is C15H18N2O3S. The topological polar surface area (TPSA) is 59.5 Å². The fourth-order valence-corrected chi connectivity index (χ4v) is 2.69. The molecular weight excluding hydrogens is 288 g/mol. The number of ether oxygens (including phenoxy) is 1. The molecule has 112 valence electrons. The zero-order chi connectivity index (χ0) is 15.5. The zero-order valence-electron chi connectivity index (χ0n) is 12.3. The van der Waals surface area contributed by atoms with Crippen LogP contribution in [0.25, 0.3) is 0 Å². The second kappa shape index (κ2) is 6.24. The van der Waals surface area contributed by atoms with E-state index in [2.05, 4.69) is 4.98 Å². The van der Waals surface area contributed by atoms with Gasteiger partial charge in [-0.15, -0.1) is 0 Å². The molecule has 0 aliphatic heterocycles. The van der Waals surface area contributed by atoms with Gasteiger partial charge in [-0.2, -0.15) is 0 Å². The van der Waals surface area contributed by atoms with Gasteiger partial charge in [0.2, 0.25) is 10.0 Å². The molecule has 0 N–H and O–H groups in total. The fourth-order valence-electron chi connectivity index (χ4n) is 1.71. The molecule has 21 heavy (non-hydrogen) atoms. The summed E-state index contributed by atoms with van der Waals surface area (Å²) in [5.74, 6) is 0.654. The Morgan fingerprint density at radius 1 is 1.19 bits per heavy atom. The van der Waals surface area contributed by atoms with E-state index in [4.69, 9.17) is 4.74 Å². The second-order valence-corrected chi connectivity index (χ2v) is 7.01. The van der Waals surface area contributed by atoms with Crippen LogP contribution in [0.1, 0.15) is 11.3 Å². The first-order valence-electron chi connectivity index (χ1n) is 6.46. The molecule has 0 atom stereocenters. The normalized spacial score (nSPS) is 11.6. The maximum absolute atomic E-state index is 12.1. The van der Waals surface area contributed by atoms with E-state index < -0.39 is 10.0 Å². The summed E-state index contributed by atoms with van der Waals surface area (Å²) in [4.78, 5) is 4.40. The number of hydrogen-bond acceptors (Lipinski definition) is 4. The lowest BCUT2D eigenvalue weighted by molar-refractivity contribution is 0.304. The van der Waals surface area contributed by atoms with Crippen LogP contribution in [0.15, 0.2) is 47.5 Å². The largest absolute Gasteiger partial charge is 0.487 e. The molecule has 1 aromatic carbocycles. The second-order valence-electron chi connectivity index (χ2n) is 4.86. The van der Waals surface area contributed by atoms with Crippen molar-refractivity contribution in [2.75, 3.05) is 14.1 Å². The number of pyridine rings is 1. The quantitative estimate of drug-likeness (QED) is 0.850. The Morgan fingerprint density at radius 3 is 2.57 bits per heavy atom. The standard InChI is InChI=1S/C15H18N2O3S/c1-12-7-8-14(10-16-12)20-11-13-5-4-6-15(9-13)21(18,19)17(2)3/h4-10H,11H2,1-3H3. The van der Waals surface area contributed by atoms with Gasteiger partial charge in [0.1, 0.15) is 12.4 Å². The molecule has 1 aromatic heterocycles. The average molecular weight is 306 g/mol. The number of benzene rings is 1. The maximum Gasteiger partial charge on any atom is 0.242 e. The van der Waals surface area contributed by atoms with Gasteiger partial charge in [0.15, 0.2) is 0 Å². The van der Waals surface area contributed by atoms with Crippen LogP contribution in [0.2, 0.25) is 0 Å². The van der Waals surface area contributed by atoms with E-state index in [1.165, 1.54) is 18.4 Å². The van der Waals surface area contributed by atoms with Crippen LogP contribution in [0.3, 0.4) is 0 Å². The zero-order valence-corrected chi connectivity index (χ0v) is 13.1. The van der Waals surface area contributed by atoms with Crippen LogP contribution in [-0.2, 0) is 16.6 Å². The van der Waals surface area contributed by atoms with Crippen molar-refractivity contribution in [2.24, 2.45) is 0 Å². The summed E-state index contributed by atoms with van der Waals surface area (Å²) in [6.45, 7) is 2.20. The fraction of sp³-hybridized carbons (Fsp3) is 0.267. The summed E-state index contributed by atoms with van der Waals surface area (Å²) in [6.07, 6.45) is 1.65. The van der Waals surface area contributed by atoms with Crippen molar-refractivity contribution in [3.05, 3.63) is 53.9 Å². The van der Waals surface area contributed by atoms with E-state index in [0.29, 0.717) is 12.4 Å². The van der Waals surface area contributed by atoms with Gasteiger partial charge in [-0.25, -0.2) is 12.7 Å². The molecule has 0 spiro atoms. The van der Waals surface area contributed by atoms with Gasteiger partial charge in [-0.1, -0.05) is 12.1 Å². The molecule has 0 fully saturated rings. The molecule has 2 aromatic rings. The highest BCUT2D eigenvalue weighted by atomic mass is 32.2. The van der Waals surface area contributed by atoms with E-state index >= 15 is 0 Å². The SMILES string of the molecule is Cc1ccc(OCc2cccc(S(=O)(=O)N(C)C)c2)cn1. The Labute approximate surface area is 125 Å². The minimum Gasteiger partial charge on any atom is -0.487 e. The highest BCUT2D eigenvalue weighted by molar-refractivity contribution is 7.89. The van der Waals surface area contributed by atoms with E-state index in [1.54, 1.807) is 24.4 Å². The first-order chi connectivity index (χ1) is 9.89. The van der Waals surface area contributed by atoms with Gasteiger partial charge in [0, 0.05) is 19.8 Å². The average Bonchev–Trinajstić information content (AvgIpc) is 2.47. The first-order valence-corrected chi connectivity index (χ1v) is 7.90. The molecule has 5 nitrogen and oxygen atoms in total. The molecule has 2 rings (SSSR count). The lowest BCUT2D eigenvalue weighted by Crippen LogP contribution is -2.22. The van der Waals surface area contributed by atoms with Gasteiger partial charge < -0.3 is 4.74 Å². The van der Waals surface area contributed by atoms with Crippen molar-refractivity contribution in [3.63, 3.8) is 0 Å². The van der Waals surface area contributed by atoms with Crippen molar-refractivity contribution in [2.45, 2.75) is 18.4 Å². The van der Waals surface area contributed by atoms with Crippen LogP contribution < -0.4 is 4.74 Å². The monoisotopic (exact) mass is 306 g/mol. The lowest BCUT2D eigenvalue weighted by atomic mass is 10.2. The van der Waals surface area contributed by atoms with Crippen molar-refractivity contribution in [3.8, 4) is 5.75 Å². The van der Waals surface area contributed by atoms with Crippen LogP contribution in [0.4, 0.5) is 0 Å². The molecule has 0 bridgehead atoms. The molecule has 0 aliphatic carbocycles. The van der Waals surface area contributed by atoms with Crippen molar-refractivity contribution < 1.29 is 13.2 Å². The van der Waals surface area contributed by atoms with Crippen molar-refractivity contribution >= 4 is 10.0 Å². The van der Waals surface area contributed by atoms with Crippen LogP contribution in [0.5, 0.6) is 5.75 Å². The number of aromatic nitrogens is 1. The van der Waals surface area contributed by atoms with E-state index in [0.717, 1.165) is 11.3 Å². The highest BCUT2D eigenvalue weighted by Gasteiger charge is 2.17. The highest BCUT2D eigenvalue weighted by Crippen LogP contribution is 2.17. The number of rotatable bonds is 5. The summed E-state index contributed by atoms with van der Waals surface area (Å²) < 4.78 is 30.9. The predicted octanol–water partition coefficient (Wildman–Crippen LogP) is 2.22. The third kappa shape index (κ3) is 3.80. The molecule has 0 unspecified atom stereocenters. The Kier molecular flexibility index (Phi) is 4.59.